The first-order valence-corrected chi connectivity index (χ1v) is 25.0. The number of hydrogen-bond donors (Lipinski definition) is 4. The summed E-state index contributed by atoms with van der Waals surface area (Å²) >= 11 is 0. The van der Waals surface area contributed by atoms with Gasteiger partial charge in [0.05, 0.1) is 27.2 Å². The summed E-state index contributed by atoms with van der Waals surface area (Å²) in [7, 11) is -2.32. The van der Waals surface area contributed by atoms with Crippen molar-refractivity contribution in [2.75, 3.05) is 56.5 Å². The minimum Gasteiger partial charge on any atom is -0.455 e. The molecule has 16 heteroatoms. The van der Waals surface area contributed by atoms with Crippen molar-refractivity contribution in [3.8, 4) is 11.5 Å². The van der Waals surface area contributed by atoms with E-state index in [4.69, 9.17) is 4.74 Å². The molecule has 5 aromatic rings. The minimum absolute atomic E-state index is 0.0176. The van der Waals surface area contributed by atoms with E-state index in [1.54, 1.807) is 36.2 Å². The zero-order valence-corrected chi connectivity index (χ0v) is 38.6. The van der Waals surface area contributed by atoms with E-state index in [-0.39, 0.29) is 28.3 Å². The van der Waals surface area contributed by atoms with Gasteiger partial charge in [-0.2, -0.15) is 0 Å². The highest BCUT2D eigenvalue weighted by Gasteiger charge is 2.50. The molecule has 15 nitrogen and oxygen atoms in total. The van der Waals surface area contributed by atoms with Gasteiger partial charge >= 0.3 is 0 Å². The Morgan fingerprint density at radius 3 is 2.45 bits per heavy atom. The second-order valence-corrected chi connectivity index (χ2v) is 21.7. The maximum Gasteiger partial charge on any atom is 0.293 e. The van der Waals surface area contributed by atoms with Crippen LogP contribution in [0.3, 0.4) is 0 Å². The monoisotopic (exact) mass is 916 g/mol. The van der Waals surface area contributed by atoms with Crippen LogP contribution in [0.1, 0.15) is 105 Å². The number of carbonyl (C=O) groups excluding carboxylic acids is 1. The van der Waals surface area contributed by atoms with Crippen LogP contribution in [0.2, 0.25) is 0 Å². The van der Waals surface area contributed by atoms with Crippen molar-refractivity contribution in [1.82, 2.24) is 24.5 Å². The molecule has 66 heavy (non-hydrogen) atoms. The number of ether oxygens (including phenoxy) is 1. The highest BCUT2D eigenvalue weighted by Crippen LogP contribution is 2.54. The summed E-state index contributed by atoms with van der Waals surface area (Å²) in [5, 5.41) is 26.4. The number of aliphatic hydroxyl groups is 1. The van der Waals surface area contributed by atoms with Gasteiger partial charge in [-0.25, -0.2) is 18.1 Å². The summed E-state index contributed by atoms with van der Waals surface area (Å²) in [6.45, 7) is 7.16. The summed E-state index contributed by atoms with van der Waals surface area (Å²) in [6, 6.07) is 22.5. The van der Waals surface area contributed by atoms with Crippen LogP contribution in [0, 0.1) is 21.4 Å². The quantitative estimate of drug-likeness (QED) is 0.0655. The molecule has 0 unspecified atom stereocenters. The molecule has 2 saturated heterocycles. The number of nitrogens with one attached hydrogen (secondary N) is 3. The topological polar surface area (TPSA) is 186 Å². The van der Waals surface area contributed by atoms with Crippen molar-refractivity contribution in [2.24, 2.45) is 11.3 Å². The van der Waals surface area contributed by atoms with Crippen LogP contribution < -0.4 is 19.7 Å². The van der Waals surface area contributed by atoms with Gasteiger partial charge in [0.2, 0.25) is 0 Å². The number of sulfonamides is 1. The smallest absolute Gasteiger partial charge is 0.293 e. The largest absolute Gasteiger partial charge is 0.455 e. The zero-order valence-electron chi connectivity index (χ0n) is 37.7. The molecule has 10 rings (SSSR count). The number of piperidine rings is 1. The number of nitrogens with zero attached hydrogens (tertiary/aromatic N) is 5. The van der Waals surface area contributed by atoms with E-state index in [0.717, 1.165) is 75.5 Å². The SMILES string of the molecule is CN1CCN(C2CC3(CCN(c4ccc(C(=O)NS(=O)(=O)c5ccc(NCC6CCC(C)(O)CC6)c([N+](=O)[O-])c5)c(Oc5cnc6[nH]ccc6c5)c4)CC3)C2)[C@@H](c2ccccc2C2CC2)C1. The van der Waals surface area contributed by atoms with Crippen LogP contribution in [-0.4, -0.2) is 102 Å². The number of piperazine rings is 1. The van der Waals surface area contributed by atoms with Crippen LogP contribution in [0.4, 0.5) is 17.1 Å². The van der Waals surface area contributed by atoms with Crippen LogP contribution in [-0.2, 0) is 10.0 Å². The molecule has 1 atom stereocenters. The highest BCUT2D eigenvalue weighted by atomic mass is 32.2. The van der Waals surface area contributed by atoms with Gasteiger partial charge in [0.15, 0.2) is 0 Å². The molecule has 3 aromatic carbocycles. The van der Waals surface area contributed by atoms with Crippen LogP contribution in [0.5, 0.6) is 11.5 Å². The van der Waals surface area contributed by atoms with Crippen molar-refractivity contribution >= 4 is 44.0 Å². The number of likely N-dealkylation sites (N-methyl/N-ethyl adjacent to an activating group) is 1. The molecular formula is C50H60N8O7S. The van der Waals surface area contributed by atoms with E-state index in [9.17, 15) is 28.4 Å². The molecule has 4 N–H and O–H groups in total. The molecule has 2 aliphatic heterocycles. The molecule has 348 valence electrons. The average molecular weight is 917 g/mol. The number of fused-ring (bicyclic) bond motifs is 1. The fourth-order valence-electron chi connectivity index (χ4n) is 11.1. The zero-order chi connectivity index (χ0) is 45.8. The number of rotatable bonds is 13. The number of benzene rings is 3. The minimum atomic E-state index is -4.57. The first kappa shape index (κ1) is 44.3. The Morgan fingerprint density at radius 2 is 1.71 bits per heavy atom. The first-order valence-electron chi connectivity index (χ1n) is 23.6. The van der Waals surface area contributed by atoms with Crippen molar-refractivity contribution in [3.63, 3.8) is 0 Å². The number of carbonyl (C=O) groups is 1. The lowest BCUT2D eigenvalue weighted by Gasteiger charge is -2.58. The lowest BCUT2D eigenvalue weighted by Crippen LogP contribution is -2.59. The standard InChI is InChI=1S/C50H60N8O7S/c1-49(60)16-13-33(14-17-49)30-52-43-12-10-39(27-44(43)58(61)62)66(63,64)54-48(59)42-11-9-36(26-46(42)65-38-25-35-15-20-51-47(35)53-31-38)56-21-18-50(19-22-56)28-37(29-50)57-24-23-55(2)32-45(57)41-6-4-3-5-40(41)34-7-8-34/h3-6,9-12,15,20,25-27,31,33-34,37,45,52,60H,7-8,13-14,16-19,21-24,28-30,32H2,1-2H3,(H,51,53)(H,54,59)/t33?,45-,49?/m1/s1. The molecular weight excluding hydrogens is 857 g/mol. The number of H-pyrrole nitrogens is 1. The number of nitro groups is 1. The molecule has 4 heterocycles. The summed E-state index contributed by atoms with van der Waals surface area (Å²) in [5.74, 6) is 0.506. The van der Waals surface area contributed by atoms with Crippen LogP contribution in [0.25, 0.3) is 11.0 Å². The molecule has 5 fully saturated rings. The molecule has 2 aromatic heterocycles. The van der Waals surface area contributed by atoms with Gasteiger partial charge in [0.25, 0.3) is 21.6 Å². The summed E-state index contributed by atoms with van der Waals surface area (Å²) < 4.78 is 36.1. The normalized spacial score (nSPS) is 24.0. The predicted octanol–water partition coefficient (Wildman–Crippen LogP) is 8.35. The van der Waals surface area contributed by atoms with Crippen LogP contribution >= 0.6 is 0 Å². The highest BCUT2D eigenvalue weighted by molar-refractivity contribution is 7.90. The number of amides is 1. The molecule has 0 radical (unpaired) electrons. The first-order chi connectivity index (χ1) is 31.7. The van der Waals surface area contributed by atoms with Crippen LogP contribution in [0.15, 0.2) is 90.1 Å². The van der Waals surface area contributed by atoms with E-state index in [1.165, 1.54) is 43.4 Å². The number of anilines is 2. The van der Waals surface area contributed by atoms with Crippen molar-refractivity contribution in [2.45, 2.75) is 99.6 Å². The molecule has 3 aliphatic carbocycles. The average Bonchev–Trinajstić information content (AvgIpc) is 4.04. The second kappa shape index (κ2) is 17.6. The number of pyridine rings is 1. The number of aromatic amines is 1. The summed E-state index contributed by atoms with van der Waals surface area (Å²) in [5.41, 5.74) is 3.92. The Balaban J connectivity index is 0.836. The summed E-state index contributed by atoms with van der Waals surface area (Å²) in [4.78, 5) is 40.3. The van der Waals surface area contributed by atoms with Gasteiger partial charge in [0.1, 0.15) is 22.8 Å². The fourth-order valence-corrected chi connectivity index (χ4v) is 12.1. The molecule has 0 bridgehead atoms. The lowest BCUT2D eigenvalue weighted by atomic mass is 9.59. The number of aromatic nitrogens is 2. The van der Waals surface area contributed by atoms with Crippen molar-refractivity contribution in [1.29, 1.82) is 0 Å². The van der Waals surface area contributed by atoms with E-state index >= 15 is 0 Å². The summed E-state index contributed by atoms with van der Waals surface area (Å²) in [6.07, 6.45) is 13.2. The maximum atomic E-state index is 14.0. The van der Waals surface area contributed by atoms with Gasteiger partial charge in [0, 0.05) is 80.8 Å². The molecule has 5 aliphatic rings. The Labute approximate surface area is 386 Å². The Hall–Kier alpha value is -5.55. The van der Waals surface area contributed by atoms with Gasteiger partial charge in [-0.3, -0.25) is 19.8 Å². The Morgan fingerprint density at radius 1 is 0.955 bits per heavy atom. The molecule has 3 saturated carbocycles. The third-order valence-electron chi connectivity index (χ3n) is 15.3. The maximum absolute atomic E-state index is 14.0. The fraction of sp³-hybridized carbons (Fsp3) is 0.480. The Kier molecular flexibility index (Phi) is 11.8. The predicted molar refractivity (Wildman–Crippen MR) is 254 cm³/mol. The third kappa shape index (κ3) is 9.25. The van der Waals surface area contributed by atoms with Gasteiger partial charge in [-0.05, 0) is 143 Å². The molecule has 1 amide bonds. The third-order valence-corrected chi connectivity index (χ3v) is 16.6. The van der Waals surface area contributed by atoms with E-state index < -0.39 is 37.0 Å². The Bertz CT molecular complexity index is 2730. The number of hydrogen-bond acceptors (Lipinski definition) is 12. The van der Waals surface area contributed by atoms with Gasteiger partial charge in [-0.1, -0.05) is 24.3 Å². The molecule has 1 spiro atoms. The van der Waals surface area contributed by atoms with Crippen molar-refractivity contribution in [3.05, 3.63) is 112 Å². The lowest BCUT2D eigenvalue weighted by molar-refractivity contribution is -0.384. The van der Waals surface area contributed by atoms with E-state index in [0.29, 0.717) is 48.8 Å². The van der Waals surface area contributed by atoms with E-state index in [1.807, 2.05) is 19.1 Å². The number of nitro benzene ring substituents is 1. The van der Waals surface area contributed by atoms with Gasteiger partial charge < -0.3 is 29.9 Å². The second-order valence-electron chi connectivity index (χ2n) is 20.0. The van der Waals surface area contributed by atoms with Gasteiger partial charge in [-0.15, -0.1) is 0 Å². The van der Waals surface area contributed by atoms with E-state index in [2.05, 4.69) is 66.0 Å². The van der Waals surface area contributed by atoms with Crippen molar-refractivity contribution < 1.29 is 28.0 Å².